The van der Waals surface area contributed by atoms with Crippen LogP contribution in [0.25, 0.3) is 0 Å². The van der Waals surface area contributed by atoms with Crippen LogP contribution in [-0.2, 0) is 0 Å². The summed E-state index contributed by atoms with van der Waals surface area (Å²) >= 11 is 1.73. The van der Waals surface area contributed by atoms with E-state index in [0.717, 1.165) is 17.9 Å². The van der Waals surface area contributed by atoms with E-state index in [9.17, 15) is 0 Å². The Morgan fingerprint density at radius 1 is 1.28 bits per heavy atom. The molecule has 18 heavy (non-hydrogen) atoms. The lowest BCUT2D eigenvalue weighted by Gasteiger charge is -2.21. The first-order valence-electron chi connectivity index (χ1n) is 6.09. The maximum absolute atomic E-state index is 5.68. The molecule has 0 unspecified atom stereocenters. The van der Waals surface area contributed by atoms with Crippen molar-refractivity contribution in [2.45, 2.75) is 31.2 Å². The number of nitrogens with one attached hydrogen (secondary N) is 1. The van der Waals surface area contributed by atoms with Crippen molar-refractivity contribution in [2.24, 2.45) is 0 Å². The quantitative estimate of drug-likeness (QED) is 0.625. The molecule has 1 rings (SSSR count). The Labute approximate surface area is 115 Å². The monoisotopic (exact) mass is 265 g/mol. The first-order valence-corrected chi connectivity index (χ1v) is 7.32. The molecule has 0 aromatic heterocycles. The van der Waals surface area contributed by atoms with Crippen molar-refractivity contribution in [2.75, 3.05) is 19.4 Å². The van der Waals surface area contributed by atoms with E-state index in [-0.39, 0.29) is 5.54 Å². The fourth-order valence-corrected chi connectivity index (χ4v) is 1.71. The summed E-state index contributed by atoms with van der Waals surface area (Å²) in [5.41, 5.74) is 1.17. The fourth-order valence-electron chi connectivity index (χ4n) is 1.30. The van der Waals surface area contributed by atoms with Gasteiger partial charge >= 0.3 is 0 Å². The van der Waals surface area contributed by atoms with Crippen LogP contribution in [0.15, 0.2) is 41.3 Å². The molecule has 100 valence electrons. The molecule has 2 nitrogen and oxygen atoms in total. The molecule has 0 bridgehead atoms. The van der Waals surface area contributed by atoms with Gasteiger partial charge in [0.1, 0.15) is 12.4 Å². The Kier molecular flexibility index (Phi) is 5.76. The number of ether oxygens (including phenoxy) is 1. The zero-order valence-corrected chi connectivity index (χ0v) is 12.6. The van der Waals surface area contributed by atoms with E-state index in [4.69, 9.17) is 4.74 Å². The lowest BCUT2D eigenvalue weighted by atomic mass is 10.1. The van der Waals surface area contributed by atoms with Crippen molar-refractivity contribution in [3.63, 3.8) is 0 Å². The van der Waals surface area contributed by atoms with Crippen molar-refractivity contribution in [3.8, 4) is 5.75 Å². The van der Waals surface area contributed by atoms with Gasteiger partial charge in [-0.25, -0.2) is 0 Å². The molecular weight excluding hydrogens is 242 g/mol. The molecule has 0 atom stereocenters. The maximum Gasteiger partial charge on any atom is 0.119 e. The van der Waals surface area contributed by atoms with Crippen molar-refractivity contribution in [1.29, 1.82) is 0 Å². The zero-order chi connectivity index (χ0) is 13.6. The van der Waals surface area contributed by atoms with E-state index >= 15 is 0 Å². The highest BCUT2D eigenvalue weighted by atomic mass is 32.2. The van der Waals surface area contributed by atoms with Gasteiger partial charge in [-0.2, -0.15) is 0 Å². The van der Waals surface area contributed by atoms with Gasteiger partial charge in [0, 0.05) is 17.0 Å². The summed E-state index contributed by atoms with van der Waals surface area (Å²) in [7, 11) is 0. The lowest BCUT2D eigenvalue weighted by molar-refractivity contribution is 0.341. The highest BCUT2D eigenvalue weighted by Crippen LogP contribution is 2.19. The predicted octanol–water partition coefficient (Wildman–Crippen LogP) is 3.73. The normalized spacial score (nSPS) is 11.3. The molecule has 0 amide bonds. The smallest absolute Gasteiger partial charge is 0.119 e. The predicted molar refractivity (Wildman–Crippen MR) is 80.6 cm³/mol. The third-order valence-corrected chi connectivity index (χ3v) is 3.11. The molecule has 0 aliphatic heterocycles. The Hall–Kier alpha value is -0.930. The molecule has 1 aromatic carbocycles. The number of thioether (sulfide) groups is 1. The van der Waals surface area contributed by atoms with Crippen molar-refractivity contribution in [1.82, 2.24) is 5.32 Å². The molecule has 0 heterocycles. The van der Waals surface area contributed by atoms with Crippen molar-refractivity contribution in [3.05, 3.63) is 36.4 Å². The van der Waals surface area contributed by atoms with Crippen LogP contribution in [0, 0.1) is 0 Å². The van der Waals surface area contributed by atoms with E-state index in [2.05, 4.69) is 51.1 Å². The van der Waals surface area contributed by atoms with E-state index in [1.807, 2.05) is 12.1 Å². The van der Waals surface area contributed by atoms with E-state index in [1.165, 1.54) is 4.90 Å². The van der Waals surface area contributed by atoms with Crippen LogP contribution in [0.5, 0.6) is 5.75 Å². The van der Waals surface area contributed by atoms with Gasteiger partial charge in [-0.15, -0.1) is 11.8 Å². The van der Waals surface area contributed by atoms with Gasteiger partial charge in [0.25, 0.3) is 0 Å². The lowest BCUT2D eigenvalue weighted by Crippen LogP contribution is -2.37. The summed E-state index contributed by atoms with van der Waals surface area (Å²) in [6, 6.07) is 8.12. The van der Waals surface area contributed by atoms with Crippen LogP contribution in [0.4, 0.5) is 0 Å². The first-order chi connectivity index (χ1) is 8.40. The number of rotatable bonds is 6. The number of hydrogen-bond acceptors (Lipinski definition) is 3. The van der Waals surface area contributed by atoms with Crippen LogP contribution in [-0.4, -0.2) is 24.9 Å². The van der Waals surface area contributed by atoms with Gasteiger partial charge in [0.05, 0.1) is 0 Å². The van der Waals surface area contributed by atoms with Crippen molar-refractivity contribution < 1.29 is 4.74 Å². The minimum absolute atomic E-state index is 0.114. The molecule has 0 aliphatic rings. The van der Waals surface area contributed by atoms with Crippen LogP contribution in [0.1, 0.15) is 20.8 Å². The second kappa shape index (κ2) is 6.86. The van der Waals surface area contributed by atoms with Gasteiger partial charge in [0.15, 0.2) is 0 Å². The Morgan fingerprint density at radius 2 is 1.89 bits per heavy atom. The summed E-state index contributed by atoms with van der Waals surface area (Å²) in [6.07, 6.45) is 2.07. The average molecular weight is 265 g/mol. The topological polar surface area (TPSA) is 21.3 Å². The third-order valence-electron chi connectivity index (χ3n) is 2.37. The Balaban J connectivity index is 2.33. The van der Waals surface area contributed by atoms with Gasteiger partial charge in [0.2, 0.25) is 0 Å². The zero-order valence-electron chi connectivity index (χ0n) is 11.7. The second-order valence-corrected chi connectivity index (χ2v) is 6.20. The van der Waals surface area contributed by atoms with Crippen LogP contribution in [0.3, 0.4) is 0 Å². The van der Waals surface area contributed by atoms with E-state index in [1.54, 1.807) is 11.8 Å². The highest BCUT2D eigenvalue weighted by Gasteiger charge is 2.08. The summed E-state index contributed by atoms with van der Waals surface area (Å²) in [6.45, 7) is 11.8. The SMILES string of the molecule is C=C(CNC(C)(C)C)COc1ccc(SC)cc1. The minimum atomic E-state index is 0.114. The summed E-state index contributed by atoms with van der Waals surface area (Å²) in [5.74, 6) is 0.893. The molecule has 1 aromatic rings. The molecule has 0 aliphatic carbocycles. The van der Waals surface area contributed by atoms with E-state index < -0.39 is 0 Å². The number of hydrogen-bond donors (Lipinski definition) is 1. The largest absolute Gasteiger partial charge is 0.489 e. The standard InChI is InChI=1S/C15H23NOS/c1-12(10-16-15(2,3)4)11-17-13-6-8-14(18-5)9-7-13/h6-9,16H,1,10-11H2,2-5H3. The Morgan fingerprint density at radius 3 is 2.39 bits per heavy atom. The summed E-state index contributed by atoms with van der Waals surface area (Å²) in [4.78, 5) is 1.25. The van der Waals surface area contributed by atoms with Gasteiger partial charge < -0.3 is 10.1 Å². The molecule has 1 N–H and O–H groups in total. The van der Waals surface area contributed by atoms with Gasteiger partial charge in [-0.3, -0.25) is 0 Å². The maximum atomic E-state index is 5.68. The molecule has 0 spiro atoms. The average Bonchev–Trinajstić information content (AvgIpc) is 2.33. The van der Waals surface area contributed by atoms with Crippen LogP contribution in [0.2, 0.25) is 0 Å². The summed E-state index contributed by atoms with van der Waals surface area (Å²) < 4.78 is 5.68. The summed E-state index contributed by atoms with van der Waals surface area (Å²) in [5, 5.41) is 3.39. The van der Waals surface area contributed by atoms with Gasteiger partial charge in [-0.1, -0.05) is 6.58 Å². The molecular formula is C15H23NOS. The fraction of sp³-hybridized carbons (Fsp3) is 0.467. The highest BCUT2D eigenvalue weighted by molar-refractivity contribution is 7.98. The van der Waals surface area contributed by atoms with E-state index in [0.29, 0.717) is 6.61 Å². The third kappa shape index (κ3) is 6.12. The second-order valence-electron chi connectivity index (χ2n) is 5.32. The molecule has 0 radical (unpaired) electrons. The van der Waals surface area contributed by atoms with Gasteiger partial charge in [-0.05, 0) is 56.9 Å². The van der Waals surface area contributed by atoms with Crippen LogP contribution < -0.4 is 10.1 Å². The first kappa shape index (κ1) is 15.1. The minimum Gasteiger partial charge on any atom is -0.489 e. The van der Waals surface area contributed by atoms with Crippen LogP contribution >= 0.6 is 11.8 Å². The number of benzene rings is 1. The van der Waals surface area contributed by atoms with Crippen molar-refractivity contribution >= 4 is 11.8 Å². The molecule has 0 fully saturated rings. The molecule has 3 heteroatoms. The molecule has 0 saturated heterocycles. The molecule has 0 saturated carbocycles. The Bertz CT molecular complexity index is 378.